The van der Waals surface area contributed by atoms with Crippen molar-refractivity contribution in [3.8, 4) is 0 Å². The summed E-state index contributed by atoms with van der Waals surface area (Å²) in [7, 11) is 0. The molecule has 0 bridgehead atoms. The molecule has 1 aromatic heterocycles. The van der Waals surface area contributed by atoms with Crippen LogP contribution in [0.5, 0.6) is 0 Å². The second-order valence-corrected chi connectivity index (χ2v) is 4.54. The summed E-state index contributed by atoms with van der Waals surface area (Å²) in [5.41, 5.74) is 5.36. The summed E-state index contributed by atoms with van der Waals surface area (Å²) in [4.78, 5) is 28.8. The molecule has 5 heteroatoms. The zero-order valence-electron chi connectivity index (χ0n) is 9.23. The molecule has 1 fully saturated rings. The Morgan fingerprint density at radius 1 is 1.38 bits per heavy atom. The Balaban J connectivity index is 2.39. The van der Waals surface area contributed by atoms with Gasteiger partial charge < -0.3 is 5.73 Å². The van der Waals surface area contributed by atoms with E-state index in [2.05, 4.69) is 4.98 Å². The van der Waals surface area contributed by atoms with Crippen LogP contribution in [0.2, 0.25) is 0 Å². The van der Waals surface area contributed by atoms with Crippen molar-refractivity contribution < 1.29 is 9.59 Å². The summed E-state index contributed by atoms with van der Waals surface area (Å²) in [5.74, 6) is -0.0863. The highest BCUT2D eigenvalue weighted by Gasteiger charge is 2.45. The van der Waals surface area contributed by atoms with Crippen molar-refractivity contribution in [3.63, 3.8) is 0 Å². The first-order valence-electron chi connectivity index (χ1n) is 5.01. The number of imide groups is 1. The number of nitrogens with two attached hydrogens (primary N) is 1. The SMILES string of the molecule is CC1(C)CC(=O)N(c2ccc(N)cn2)C1=O. The lowest BCUT2D eigenvalue weighted by atomic mass is 9.92. The van der Waals surface area contributed by atoms with Crippen molar-refractivity contribution in [2.24, 2.45) is 5.41 Å². The lowest BCUT2D eigenvalue weighted by molar-refractivity contribution is -0.124. The molecule has 0 atom stereocenters. The monoisotopic (exact) mass is 219 g/mol. The first-order chi connectivity index (χ1) is 7.42. The Morgan fingerprint density at radius 2 is 2.06 bits per heavy atom. The molecule has 2 rings (SSSR count). The number of carbonyl (C=O) groups excluding carboxylic acids is 2. The Morgan fingerprint density at radius 3 is 2.50 bits per heavy atom. The molecule has 2 amide bonds. The van der Waals surface area contributed by atoms with Crippen LogP contribution < -0.4 is 10.6 Å². The van der Waals surface area contributed by atoms with Gasteiger partial charge in [-0.25, -0.2) is 9.88 Å². The number of anilines is 2. The molecule has 2 N–H and O–H groups in total. The van der Waals surface area contributed by atoms with Gasteiger partial charge in [0.2, 0.25) is 11.8 Å². The highest BCUT2D eigenvalue weighted by Crippen LogP contribution is 2.34. The Hall–Kier alpha value is -1.91. The van der Waals surface area contributed by atoms with E-state index in [9.17, 15) is 9.59 Å². The van der Waals surface area contributed by atoms with Crippen molar-refractivity contribution in [1.82, 2.24) is 4.98 Å². The Labute approximate surface area is 93.3 Å². The topological polar surface area (TPSA) is 76.3 Å². The fraction of sp³-hybridized carbons (Fsp3) is 0.364. The number of pyridine rings is 1. The molecule has 16 heavy (non-hydrogen) atoms. The molecule has 0 aromatic carbocycles. The van der Waals surface area contributed by atoms with E-state index in [0.717, 1.165) is 4.90 Å². The average Bonchev–Trinajstić information content (AvgIpc) is 2.39. The maximum Gasteiger partial charge on any atom is 0.241 e. The van der Waals surface area contributed by atoms with Crippen molar-refractivity contribution in [2.75, 3.05) is 10.6 Å². The standard InChI is InChI=1S/C11H13N3O2/c1-11(2)5-9(15)14(10(11)16)8-4-3-7(12)6-13-8/h3-4,6H,5,12H2,1-2H3. The van der Waals surface area contributed by atoms with E-state index >= 15 is 0 Å². The van der Waals surface area contributed by atoms with Crippen LogP contribution in [-0.2, 0) is 9.59 Å². The highest BCUT2D eigenvalue weighted by atomic mass is 16.2. The number of aromatic nitrogens is 1. The number of nitrogen functional groups attached to an aromatic ring is 1. The third kappa shape index (κ3) is 1.54. The Bertz CT molecular complexity index is 451. The predicted molar refractivity (Wildman–Crippen MR) is 59.5 cm³/mol. The summed E-state index contributed by atoms with van der Waals surface area (Å²) in [6, 6.07) is 3.20. The van der Waals surface area contributed by atoms with Gasteiger partial charge in [-0.2, -0.15) is 0 Å². The summed E-state index contributed by atoms with van der Waals surface area (Å²) < 4.78 is 0. The van der Waals surface area contributed by atoms with Crippen LogP contribution in [0.3, 0.4) is 0 Å². The van der Waals surface area contributed by atoms with Crippen LogP contribution in [0, 0.1) is 5.41 Å². The lowest BCUT2D eigenvalue weighted by Crippen LogP contribution is -2.33. The summed E-state index contributed by atoms with van der Waals surface area (Å²) in [6.07, 6.45) is 1.65. The molecule has 5 nitrogen and oxygen atoms in total. The summed E-state index contributed by atoms with van der Waals surface area (Å²) in [5, 5.41) is 0. The fourth-order valence-corrected chi connectivity index (χ4v) is 1.71. The van der Waals surface area contributed by atoms with Gasteiger partial charge in [0.25, 0.3) is 0 Å². The second kappa shape index (κ2) is 3.30. The van der Waals surface area contributed by atoms with Gasteiger partial charge in [-0.15, -0.1) is 0 Å². The summed E-state index contributed by atoms with van der Waals surface area (Å²) >= 11 is 0. The molecule has 1 aliphatic heterocycles. The fourth-order valence-electron chi connectivity index (χ4n) is 1.71. The molecular weight excluding hydrogens is 206 g/mol. The predicted octanol–water partition coefficient (Wildman–Crippen LogP) is 0.953. The number of amides is 2. The third-order valence-corrected chi connectivity index (χ3v) is 2.62. The minimum Gasteiger partial charge on any atom is -0.397 e. The normalized spacial score (nSPS) is 19.2. The molecule has 1 saturated heterocycles. The van der Waals surface area contributed by atoms with Crippen molar-refractivity contribution >= 4 is 23.3 Å². The van der Waals surface area contributed by atoms with E-state index in [1.54, 1.807) is 26.0 Å². The zero-order chi connectivity index (χ0) is 11.9. The van der Waals surface area contributed by atoms with E-state index in [1.807, 2.05) is 0 Å². The molecule has 0 unspecified atom stereocenters. The largest absolute Gasteiger partial charge is 0.397 e. The van der Waals surface area contributed by atoms with Gasteiger partial charge in [-0.3, -0.25) is 9.59 Å². The molecule has 0 saturated carbocycles. The molecule has 0 radical (unpaired) electrons. The molecule has 1 aromatic rings. The van der Waals surface area contributed by atoms with Crippen molar-refractivity contribution in [3.05, 3.63) is 18.3 Å². The Kier molecular flexibility index (Phi) is 2.18. The first-order valence-corrected chi connectivity index (χ1v) is 5.01. The van der Waals surface area contributed by atoms with E-state index in [0.29, 0.717) is 11.5 Å². The molecule has 1 aliphatic rings. The number of rotatable bonds is 1. The maximum atomic E-state index is 12.0. The molecule has 2 heterocycles. The summed E-state index contributed by atoms with van der Waals surface area (Å²) in [6.45, 7) is 3.51. The van der Waals surface area contributed by atoms with Crippen LogP contribution >= 0.6 is 0 Å². The molecule has 0 aliphatic carbocycles. The first kappa shape index (κ1) is 10.6. The van der Waals surface area contributed by atoms with Crippen LogP contribution in [0.1, 0.15) is 20.3 Å². The third-order valence-electron chi connectivity index (χ3n) is 2.62. The quantitative estimate of drug-likeness (QED) is 0.713. The van der Waals surface area contributed by atoms with Crippen LogP contribution in [0.4, 0.5) is 11.5 Å². The lowest BCUT2D eigenvalue weighted by Gasteiger charge is -2.16. The highest BCUT2D eigenvalue weighted by molar-refractivity contribution is 6.21. The van der Waals surface area contributed by atoms with Crippen molar-refractivity contribution in [2.45, 2.75) is 20.3 Å². The van der Waals surface area contributed by atoms with Crippen LogP contribution in [-0.4, -0.2) is 16.8 Å². The molecular formula is C11H13N3O2. The van der Waals surface area contributed by atoms with E-state index in [4.69, 9.17) is 5.73 Å². The van der Waals surface area contributed by atoms with E-state index in [-0.39, 0.29) is 18.2 Å². The number of hydrogen-bond donors (Lipinski definition) is 1. The van der Waals surface area contributed by atoms with Crippen LogP contribution in [0.15, 0.2) is 18.3 Å². The van der Waals surface area contributed by atoms with Gasteiger partial charge in [-0.05, 0) is 12.1 Å². The van der Waals surface area contributed by atoms with Gasteiger partial charge in [0.1, 0.15) is 5.82 Å². The van der Waals surface area contributed by atoms with Gasteiger partial charge >= 0.3 is 0 Å². The molecule has 0 spiro atoms. The number of nitrogens with zero attached hydrogens (tertiary/aromatic N) is 2. The smallest absolute Gasteiger partial charge is 0.241 e. The minimum atomic E-state index is -0.639. The minimum absolute atomic E-state index is 0.213. The second-order valence-electron chi connectivity index (χ2n) is 4.54. The maximum absolute atomic E-state index is 12.0. The molecule has 84 valence electrons. The van der Waals surface area contributed by atoms with Gasteiger partial charge in [0, 0.05) is 6.42 Å². The zero-order valence-corrected chi connectivity index (χ0v) is 9.23. The average molecular weight is 219 g/mol. The van der Waals surface area contributed by atoms with Crippen LogP contribution in [0.25, 0.3) is 0 Å². The van der Waals surface area contributed by atoms with Crippen molar-refractivity contribution in [1.29, 1.82) is 0 Å². The van der Waals surface area contributed by atoms with Gasteiger partial charge in [-0.1, -0.05) is 13.8 Å². The van der Waals surface area contributed by atoms with E-state index < -0.39 is 5.41 Å². The number of carbonyl (C=O) groups is 2. The van der Waals surface area contributed by atoms with E-state index in [1.165, 1.54) is 6.20 Å². The number of hydrogen-bond acceptors (Lipinski definition) is 4. The van der Waals surface area contributed by atoms with Gasteiger partial charge in [0.15, 0.2) is 0 Å². The van der Waals surface area contributed by atoms with Gasteiger partial charge in [0.05, 0.1) is 17.3 Å².